The van der Waals surface area contributed by atoms with Gasteiger partial charge in [-0.2, -0.15) is 4.37 Å². The van der Waals surface area contributed by atoms with Gasteiger partial charge in [0.1, 0.15) is 0 Å². The lowest BCUT2D eigenvalue weighted by molar-refractivity contribution is 1.27. The fourth-order valence-corrected chi connectivity index (χ4v) is 1.78. The first-order valence-electron chi connectivity index (χ1n) is 3.26. The summed E-state index contributed by atoms with van der Waals surface area (Å²) >= 11 is 3.56. The monoisotopic (exact) mass is 289 g/mol. The molecule has 0 spiro atoms. The minimum Gasteiger partial charge on any atom is -0.265 e. The van der Waals surface area contributed by atoms with Crippen molar-refractivity contribution in [3.63, 3.8) is 0 Å². The van der Waals surface area contributed by atoms with Gasteiger partial charge in [0.2, 0.25) is 0 Å². The first-order valence-corrected chi connectivity index (χ1v) is 5.11. The minimum atomic E-state index is 0.784. The molecule has 0 saturated carbocycles. The average Bonchev–Trinajstić information content (AvgIpc) is 2.54. The molecule has 2 heterocycles. The Kier molecular flexibility index (Phi) is 2.31. The van der Waals surface area contributed by atoms with E-state index in [0.717, 1.165) is 14.4 Å². The van der Waals surface area contributed by atoms with Crippen molar-refractivity contribution in [1.29, 1.82) is 0 Å². The minimum absolute atomic E-state index is 0.784. The zero-order valence-corrected chi connectivity index (χ0v) is 8.91. The highest BCUT2D eigenvalue weighted by Gasteiger charge is 2.02. The van der Waals surface area contributed by atoms with Gasteiger partial charge in [0.05, 0.1) is 0 Å². The summed E-state index contributed by atoms with van der Waals surface area (Å²) in [6.45, 7) is 0. The number of hydrogen-bond donors (Lipinski definition) is 0. The molecule has 0 radical (unpaired) electrons. The molecule has 0 N–H and O–H groups in total. The molecular formula is C7H4IN3S. The van der Waals surface area contributed by atoms with Crippen LogP contribution in [0.4, 0.5) is 0 Å². The third-order valence-electron chi connectivity index (χ3n) is 1.34. The largest absolute Gasteiger partial charge is 0.265 e. The SMILES string of the molecule is Ic1nc(-c2ccncc2)ns1. The van der Waals surface area contributed by atoms with Crippen LogP contribution < -0.4 is 0 Å². The molecule has 0 unspecified atom stereocenters. The van der Waals surface area contributed by atoms with Gasteiger partial charge in [-0.25, -0.2) is 4.98 Å². The molecule has 0 amide bonds. The van der Waals surface area contributed by atoms with Crippen LogP contribution in [0.3, 0.4) is 0 Å². The summed E-state index contributed by atoms with van der Waals surface area (Å²) in [6.07, 6.45) is 3.48. The Hall–Kier alpha value is -0.560. The zero-order valence-electron chi connectivity index (χ0n) is 5.94. The van der Waals surface area contributed by atoms with Gasteiger partial charge in [-0.05, 0) is 46.3 Å². The predicted octanol–water partition coefficient (Wildman–Crippen LogP) is 2.20. The summed E-state index contributed by atoms with van der Waals surface area (Å²) in [5.74, 6) is 0.784. The van der Waals surface area contributed by atoms with Gasteiger partial charge in [-0.1, -0.05) is 0 Å². The van der Waals surface area contributed by atoms with Gasteiger partial charge in [-0.15, -0.1) is 0 Å². The van der Waals surface area contributed by atoms with Crippen LogP contribution in [0.25, 0.3) is 11.4 Å². The van der Waals surface area contributed by atoms with Crippen molar-refractivity contribution in [3.8, 4) is 11.4 Å². The van der Waals surface area contributed by atoms with Crippen molar-refractivity contribution in [2.75, 3.05) is 0 Å². The Morgan fingerprint density at radius 2 is 2.00 bits per heavy atom. The van der Waals surface area contributed by atoms with Crippen molar-refractivity contribution in [2.24, 2.45) is 0 Å². The van der Waals surface area contributed by atoms with E-state index in [1.165, 1.54) is 11.5 Å². The highest BCUT2D eigenvalue weighted by atomic mass is 127. The van der Waals surface area contributed by atoms with Crippen LogP contribution in [0, 0.1) is 3.01 Å². The van der Waals surface area contributed by atoms with Crippen LogP contribution in [-0.2, 0) is 0 Å². The van der Waals surface area contributed by atoms with Crippen LogP contribution in [0.15, 0.2) is 24.5 Å². The van der Waals surface area contributed by atoms with E-state index < -0.39 is 0 Å². The molecule has 0 atom stereocenters. The molecule has 0 aliphatic heterocycles. The first-order chi connectivity index (χ1) is 5.86. The van der Waals surface area contributed by atoms with E-state index in [2.05, 4.69) is 36.9 Å². The number of hydrogen-bond acceptors (Lipinski definition) is 4. The molecule has 12 heavy (non-hydrogen) atoms. The second kappa shape index (κ2) is 3.44. The summed E-state index contributed by atoms with van der Waals surface area (Å²) < 4.78 is 5.14. The highest BCUT2D eigenvalue weighted by Crippen LogP contribution is 2.17. The lowest BCUT2D eigenvalue weighted by Gasteiger charge is -1.90. The van der Waals surface area contributed by atoms with Gasteiger partial charge >= 0.3 is 0 Å². The zero-order chi connectivity index (χ0) is 8.39. The summed E-state index contributed by atoms with van der Waals surface area (Å²) in [6, 6.07) is 3.80. The third kappa shape index (κ3) is 1.61. The quantitative estimate of drug-likeness (QED) is 0.755. The second-order valence-corrected chi connectivity index (χ2v) is 4.61. The Labute approximate surface area is 87.2 Å². The van der Waals surface area contributed by atoms with Gasteiger partial charge in [0.15, 0.2) is 8.84 Å². The molecule has 0 bridgehead atoms. The van der Waals surface area contributed by atoms with Crippen LogP contribution in [0.2, 0.25) is 0 Å². The second-order valence-electron chi connectivity index (χ2n) is 2.11. The van der Waals surface area contributed by atoms with Gasteiger partial charge in [0, 0.05) is 18.0 Å². The topological polar surface area (TPSA) is 38.7 Å². The summed E-state index contributed by atoms with van der Waals surface area (Å²) in [5, 5.41) is 0. The molecule has 2 aromatic rings. The van der Waals surface area contributed by atoms with E-state index in [9.17, 15) is 0 Å². The maximum Gasteiger partial charge on any atom is 0.174 e. The number of rotatable bonds is 1. The van der Waals surface area contributed by atoms with Gasteiger partial charge in [0.25, 0.3) is 0 Å². The molecule has 2 rings (SSSR count). The molecule has 0 aliphatic carbocycles. The van der Waals surface area contributed by atoms with E-state index in [4.69, 9.17) is 0 Å². The lowest BCUT2D eigenvalue weighted by atomic mass is 10.3. The number of halogens is 1. The highest BCUT2D eigenvalue weighted by molar-refractivity contribution is 14.1. The lowest BCUT2D eigenvalue weighted by Crippen LogP contribution is -1.80. The Bertz CT molecular complexity index is 373. The van der Waals surface area contributed by atoms with E-state index >= 15 is 0 Å². The van der Waals surface area contributed by atoms with Crippen LogP contribution in [0.5, 0.6) is 0 Å². The molecule has 0 fully saturated rings. The molecule has 5 heteroatoms. The smallest absolute Gasteiger partial charge is 0.174 e. The summed E-state index contributed by atoms with van der Waals surface area (Å²) in [7, 11) is 0. The molecule has 0 aromatic carbocycles. The van der Waals surface area contributed by atoms with Crippen molar-refractivity contribution >= 4 is 34.1 Å². The third-order valence-corrected chi connectivity index (χ3v) is 2.68. The molecule has 0 aliphatic rings. The van der Waals surface area contributed by atoms with Crippen LogP contribution in [-0.4, -0.2) is 14.3 Å². The van der Waals surface area contributed by atoms with Crippen LogP contribution in [0.1, 0.15) is 0 Å². The molecule has 60 valence electrons. The average molecular weight is 289 g/mol. The molecular weight excluding hydrogens is 285 g/mol. The summed E-state index contributed by atoms with van der Waals surface area (Å²) in [4.78, 5) is 8.17. The number of pyridine rings is 1. The van der Waals surface area contributed by atoms with Crippen molar-refractivity contribution in [1.82, 2.24) is 14.3 Å². The summed E-state index contributed by atoms with van der Waals surface area (Å²) in [5.41, 5.74) is 1.02. The van der Waals surface area contributed by atoms with Gasteiger partial charge < -0.3 is 0 Å². The number of nitrogens with zero attached hydrogens (tertiary/aromatic N) is 3. The molecule has 3 nitrogen and oxygen atoms in total. The maximum atomic E-state index is 4.25. The van der Waals surface area contributed by atoms with Crippen LogP contribution >= 0.6 is 34.1 Å². The standard InChI is InChI=1S/C7H4IN3S/c8-7-10-6(11-12-7)5-1-3-9-4-2-5/h1-4H. The fraction of sp³-hybridized carbons (Fsp3) is 0. The molecule has 0 saturated heterocycles. The van der Waals surface area contributed by atoms with Gasteiger partial charge in [-0.3, -0.25) is 4.98 Å². The first kappa shape index (κ1) is 8.06. The normalized spacial score (nSPS) is 10.1. The van der Waals surface area contributed by atoms with Crippen molar-refractivity contribution < 1.29 is 0 Å². The van der Waals surface area contributed by atoms with Crippen molar-refractivity contribution in [2.45, 2.75) is 0 Å². The van der Waals surface area contributed by atoms with E-state index in [1.807, 2.05) is 12.1 Å². The maximum absolute atomic E-state index is 4.25. The predicted molar refractivity (Wildman–Crippen MR) is 55.9 cm³/mol. The number of aromatic nitrogens is 3. The van der Waals surface area contributed by atoms with E-state index in [1.54, 1.807) is 12.4 Å². The van der Waals surface area contributed by atoms with E-state index in [0.29, 0.717) is 0 Å². The Balaban J connectivity index is 2.45. The van der Waals surface area contributed by atoms with E-state index in [-0.39, 0.29) is 0 Å². The Morgan fingerprint density at radius 1 is 1.25 bits per heavy atom. The van der Waals surface area contributed by atoms with Crippen molar-refractivity contribution in [3.05, 3.63) is 27.5 Å². The molecule has 2 aromatic heterocycles. The fourth-order valence-electron chi connectivity index (χ4n) is 0.823. The Morgan fingerprint density at radius 3 is 2.58 bits per heavy atom.